The predicted molar refractivity (Wildman–Crippen MR) is 110 cm³/mol. The van der Waals surface area contributed by atoms with Gasteiger partial charge in [0.25, 0.3) is 0 Å². The zero-order valence-electron chi connectivity index (χ0n) is 17.0. The highest BCUT2D eigenvalue weighted by molar-refractivity contribution is 5.93. The molecule has 2 saturated heterocycles. The first-order valence-corrected chi connectivity index (χ1v) is 10.4. The first-order chi connectivity index (χ1) is 15.4. The fourth-order valence-electron chi connectivity index (χ4n) is 4.40. The van der Waals surface area contributed by atoms with Crippen molar-refractivity contribution in [2.45, 2.75) is 31.4 Å². The lowest BCUT2D eigenvalue weighted by Gasteiger charge is -2.27. The normalized spacial score (nSPS) is 21.0. The number of nitrogens with zero attached hydrogens (tertiary/aromatic N) is 5. The lowest BCUT2D eigenvalue weighted by atomic mass is 10.0. The molecule has 0 spiro atoms. The Morgan fingerprint density at radius 2 is 2.00 bits per heavy atom. The average molecular weight is 446 g/mol. The van der Waals surface area contributed by atoms with Gasteiger partial charge in [0.2, 0.25) is 0 Å². The Morgan fingerprint density at radius 3 is 2.78 bits per heavy atom. The highest BCUT2D eigenvalue weighted by Crippen LogP contribution is 2.38. The van der Waals surface area contributed by atoms with Crippen LogP contribution < -0.4 is 10.2 Å². The van der Waals surface area contributed by atoms with E-state index in [-0.39, 0.29) is 29.3 Å². The van der Waals surface area contributed by atoms with Gasteiger partial charge in [-0.05, 0) is 37.5 Å². The van der Waals surface area contributed by atoms with Crippen LogP contribution in [0.3, 0.4) is 0 Å². The number of nitrogens with one attached hydrogen (secondary N) is 1. The molecular formula is C21H21F3N6O2. The maximum absolute atomic E-state index is 14.9. The number of halogens is 3. The van der Waals surface area contributed by atoms with Gasteiger partial charge in [0.1, 0.15) is 17.3 Å². The second-order valence-electron chi connectivity index (χ2n) is 8.07. The number of aliphatic hydroxyl groups excluding tert-OH is 1. The number of fused-ring (bicyclic) bond motifs is 1. The van der Waals surface area contributed by atoms with Crippen molar-refractivity contribution in [2.75, 3.05) is 29.9 Å². The summed E-state index contributed by atoms with van der Waals surface area (Å²) >= 11 is 0. The third-order valence-electron chi connectivity index (χ3n) is 5.96. The van der Waals surface area contributed by atoms with Crippen LogP contribution in [0.1, 0.15) is 30.9 Å². The van der Waals surface area contributed by atoms with Crippen LogP contribution in [0.15, 0.2) is 30.6 Å². The van der Waals surface area contributed by atoms with Crippen molar-refractivity contribution in [2.24, 2.45) is 0 Å². The first-order valence-electron chi connectivity index (χ1n) is 10.4. The molecule has 4 heterocycles. The Bertz CT molecular complexity index is 1190. The number of likely N-dealkylation sites (tertiary alicyclic amines) is 1. The van der Waals surface area contributed by atoms with Gasteiger partial charge in [0, 0.05) is 25.2 Å². The fourth-order valence-corrected chi connectivity index (χ4v) is 4.40. The standard InChI is InChI=1S/C21H21F3N6O2/c22-12-3-4-15(23)14(8-12)18-2-1-6-29(18)19-16(24)11-30-20(27-19)17(9-25-30)26-21(32)28-7-5-13(31)10-28/h3-4,8-9,11,13,18,31H,1-2,5-7,10H2,(H,26,32)/t13-,18+/m0/s1. The molecule has 2 amide bonds. The summed E-state index contributed by atoms with van der Waals surface area (Å²) in [5.41, 5.74) is 0.656. The molecule has 0 radical (unpaired) electrons. The monoisotopic (exact) mass is 446 g/mol. The number of urea groups is 1. The van der Waals surface area contributed by atoms with Gasteiger partial charge in [0.05, 0.1) is 24.5 Å². The molecule has 2 aromatic heterocycles. The van der Waals surface area contributed by atoms with E-state index in [1.54, 1.807) is 4.90 Å². The zero-order chi connectivity index (χ0) is 22.4. The van der Waals surface area contributed by atoms with Crippen LogP contribution in [-0.4, -0.2) is 56.4 Å². The molecule has 8 nitrogen and oxygen atoms in total. The van der Waals surface area contributed by atoms with E-state index in [4.69, 9.17) is 0 Å². The van der Waals surface area contributed by atoms with Crippen molar-refractivity contribution in [3.8, 4) is 0 Å². The summed E-state index contributed by atoms with van der Waals surface area (Å²) in [6.07, 6.45) is 3.63. The Morgan fingerprint density at radius 1 is 1.16 bits per heavy atom. The van der Waals surface area contributed by atoms with Gasteiger partial charge >= 0.3 is 6.03 Å². The van der Waals surface area contributed by atoms with Crippen LogP contribution in [0.5, 0.6) is 0 Å². The van der Waals surface area contributed by atoms with E-state index < -0.39 is 35.6 Å². The van der Waals surface area contributed by atoms with Crippen LogP contribution in [0.4, 0.5) is 29.5 Å². The fraction of sp³-hybridized carbons (Fsp3) is 0.381. The summed E-state index contributed by atoms with van der Waals surface area (Å²) in [6, 6.07) is 2.26. The van der Waals surface area contributed by atoms with E-state index in [0.717, 1.165) is 24.4 Å². The minimum absolute atomic E-state index is 0.0174. The van der Waals surface area contributed by atoms with Gasteiger partial charge in [-0.25, -0.2) is 27.5 Å². The first kappa shape index (κ1) is 20.6. The van der Waals surface area contributed by atoms with Gasteiger partial charge in [-0.2, -0.15) is 5.10 Å². The summed E-state index contributed by atoms with van der Waals surface area (Å²) < 4.78 is 44.3. The summed E-state index contributed by atoms with van der Waals surface area (Å²) in [5, 5.41) is 16.4. The van der Waals surface area contributed by atoms with Crippen molar-refractivity contribution < 1.29 is 23.1 Å². The molecule has 0 bridgehead atoms. The quantitative estimate of drug-likeness (QED) is 0.646. The summed E-state index contributed by atoms with van der Waals surface area (Å²) in [7, 11) is 0. The number of aromatic nitrogens is 3. The second kappa shape index (κ2) is 7.97. The molecule has 5 rings (SSSR count). The number of hydrogen-bond donors (Lipinski definition) is 2. The Labute approximate surface area is 181 Å². The molecule has 2 aliphatic rings. The third-order valence-corrected chi connectivity index (χ3v) is 5.96. The average Bonchev–Trinajstić information content (AvgIpc) is 3.49. The second-order valence-corrected chi connectivity index (χ2v) is 8.07. The molecule has 2 atom stereocenters. The van der Waals surface area contributed by atoms with E-state index in [1.807, 2.05) is 0 Å². The number of amides is 2. The van der Waals surface area contributed by atoms with Crippen molar-refractivity contribution >= 4 is 23.2 Å². The van der Waals surface area contributed by atoms with Crippen LogP contribution in [0.25, 0.3) is 5.65 Å². The summed E-state index contributed by atoms with van der Waals surface area (Å²) in [6.45, 7) is 1.07. The summed E-state index contributed by atoms with van der Waals surface area (Å²) in [4.78, 5) is 20.0. The largest absolute Gasteiger partial charge is 0.391 e. The molecule has 1 aromatic carbocycles. The van der Waals surface area contributed by atoms with Crippen molar-refractivity contribution in [1.82, 2.24) is 19.5 Å². The van der Waals surface area contributed by atoms with Crippen LogP contribution in [0.2, 0.25) is 0 Å². The Hall–Kier alpha value is -3.34. The number of aliphatic hydroxyl groups is 1. The molecule has 168 valence electrons. The lowest BCUT2D eigenvalue weighted by Crippen LogP contribution is -2.33. The van der Waals surface area contributed by atoms with Gasteiger partial charge in [0.15, 0.2) is 17.3 Å². The topological polar surface area (TPSA) is 86.0 Å². The smallest absolute Gasteiger partial charge is 0.322 e. The molecule has 2 N–H and O–H groups in total. The molecule has 0 saturated carbocycles. The number of carbonyl (C=O) groups is 1. The molecule has 0 aliphatic carbocycles. The SMILES string of the molecule is O=C(Nc1cnn2cc(F)c(N3CCC[C@@H]3c3cc(F)ccc3F)nc12)N1CC[C@H](O)C1. The number of benzene rings is 1. The van der Waals surface area contributed by atoms with Gasteiger partial charge in [-0.15, -0.1) is 0 Å². The molecule has 32 heavy (non-hydrogen) atoms. The number of β-amino-alcohol motifs (C(OH)–C–C–N with tert-alkyl or cyclic N) is 1. The molecular weight excluding hydrogens is 425 g/mol. The molecule has 2 fully saturated rings. The molecule has 2 aliphatic heterocycles. The minimum Gasteiger partial charge on any atom is -0.391 e. The van der Waals surface area contributed by atoms with Crippen LogP contribution in [0, 0.1) is 17.5 Å². The number of rotatable bonds is 3. The molecule has 3 aromatic rings. The van der Waals surface area contributed by atoms with Gasteiger partial charge in [-0.1, -0.05) is 0 Å². The maximum Gasteiger partial charge on any atom is 0.322 e. The molecule has 0 unspecified atom stereocenters. The highest BCUT2D eigenvalue weighted by Gasteiger charge is 2.32. The van der Waals surface area contributed by atoms with Crippen molar-refractivity contribution in [1.29, 1.82) is 0 Å². The van der Waals surface area contributed by atoms with E-state index in [0.29, 0.717) is 32.4 Å². The van der Waals surface area contributed by atoms with E-state index >= 15 is 0 Å². The maximum atomic E-state index is 14.9. The molecule has 11 heteroatoms. The minimum atomic E-state index is -0.662. The number of anilines is 2. The Balaban J connectivity index is 1.47. The van der Waals surface area contributed by atoms with Gasteiger partial charge in [-0.3, -0.25) is 0 Å². The van der Waals surface area contributed by atoms with E-state index in [9.17, 15) is 23.1 Å². The highest BCUT2D eigenvalue weighted by atomic mass is 19.1. The van der Waals surface area contributed by atoms with E-state index in [1.165, 1.54) is 15.6 Å². The van der Waals surface area contributed by atoms with E-state index in [2.05, 4.69) is 15.4 Å². The van der Waals surface area contributed by atoms with Crippen molar-refractivity contribution in [3.05, 3.63) is 53.6 Å². The Kier molecular flexibility index (Phi) is 5.12. The van der Waals surface area contributed by atoms with Gasteiger partial charge < -0.3 is 20.2 Å². The summed E-state index contributed by atoms with van der Waals surface area (Å²) in [5.74, 6) is -1.80. The van der Waals surface area contributed by atoms with Crippen LogP contribution >= 0.6 is 0 Å². The van der Waals surface area contributed by atoms with Crippen LogP contribution in [-0.2, 0) is 0 Å². The number of carbonyl (C=O) groups excluding carboxylic acids is 1. The van der Waals surface area contributed by atoms with Crippen molar-refractivity contribution in [3.63, 3.8) is 0 Å². The lowest BCUT2D eigenvalue weighted by molar-refractivity contribution is 0.176. The predicted octanol–water partition coefficient (Wildman–Crippen LogP) is 3.09. The zero-order valence-corrected chi connectivity index (χ0v) is 17.0. The third kappa shape index (κ3) is 3.62. The number of hydrogen-bond acceptors (Lipinski definition) is 5.